The van der Waals surface area contributed by atoms with E-state index in [9.17, 15) is 0 Å². The average molecular weight is 260 g/mol. The van der Waals surface area contributed by atoms with Crippen LogP contribution in [-0.4, -0.2) is 21.5 Å². The van der Waals surface area contributed by atoms with Crippen molar-refractivity contribution in [3.63, 3.8) is 0 Å². The minimum Gasteiger partial charge on any atom is -0.313 e. The van der Waals surface area contributed by atoms with E-state index in [0.717, 1.165) is 23.8 Å². The van der Waals surface area contributed by atoms with Crippen LogP contribution < -0.4 is 5.32 Å². The quantitative estimate of drug-likeness (QED) is 0.897. The largest absolute Gasteiger partial charge is 0.313 e. The Balaban J connectivity index is 1.92. The molecule has 1 saturated carbocycles. The molecule has 3 rings (SSSR count). The molecule has 0 spiro atoms. The van der Waals surface area contributed by atoms with Crippen LogP contribution in [0.4, 0.5) is 0 Å². The zero-order valence-corrected chi connectivity index (χ0v) is 11.2. The van der Waals surface area contributed by atoms with E-state index in [4.69, 9.17) is 4.98 Å². The Kier molecular flexibility index (Phi) is 3.34. The first-order chi connectivity index (χ1) is 8.88. The molecule has 0 bridgehead atoms. The highest BCUT2D eigenvalue weighted by molar-refractivity contribution is 7.13. The van der Waals surface area contributed by atoms with Crippen LogP contribution in [-0.2, 0) is 6.54 Å². The van der Waals surface area contributed by atoms with E-state index in [2.05, 4.69) is 22.2 Å². The van der Waals surface area contributed by atoms with Crippen LogP contribution in [0.25, 0.3) is 10.7 Å². The predicted molar refractivity (Wildman–Crippen MR) is 72.5 cm³/mol. The third kappa shape index (κ3) is 2.42. The molecule has 0 radical (unpaired) electrons. The van der Waals surface area contributed by atoms with Crippen LogP contribution in [0.2, 0.25) is 0 Å². The van der Waals surface area contributed by atoms with Crippen molar-refractivity contribution in [1.82, 2.24) is 20.3 Å². The van der Waals surface area contributed by atoms with Gasteiger partial charge < -0.3 is 5.32 Å². The first-order valence-electron chi connectivity index (χ1n) is 6.34. The molecule has 1 aliphatic rings. The van der Waals surface area contributed by atoms with E-state index in [1.54, 1.807) is 11.3 Å². The van der Waals surface area contributed by atoms with Crippen LogP contribution in [0, 0.1) is 0 Å². The molecular weight excluding hydrogens is 244 g/mol. The Morgan fingerprint density at radius 3 is 2.94 bits per heavy atom. The summed E-state index contributed by atoms with van der Waals surface area (Å²) < 4.78 is 0. The maximum atomic E-state index is 4.75. The number of nitrogens with zero attached hydrogens (tertiary/aromatic N) is 3. The van der Waals surface area contributed by atoms with E-state index in [1.807, 2.05) is 17.9 Å². The lowest BCUT2D eigenvalue weighted by Gasteiger charge is -2.09. The lowest BCUT2D eigenvalue weighted by molar-refractivity contribution is 0.710. The van der Waals surface area contributed by atoms with Crippen molar-refractivity contribution in [2.45, 2.75) is 32.2 Å². The second-order valence-corrected chi connectivity index (χ2v) is 5.41. The summed E-state index contributed by atoms with van der Waals surface area (Å²) in [6.07, 6.45) is 6.33. The van der Waals surface area contributed by atoms with Gasteiger partial charge in [0, 0.05) is 30.4 Å². The minimum absolute atomic E-state index is 0.647. The van der Waals surface area contributed by atoms with E-state index in [0.29, 0.717) is 5.92 Å². The molecule has 1 aliphatic carbocycles. The lowest BCUT2D eigenvalue weighted by atomic mass is 10.1. The van der Waals surface area contributed by atoms with Gasteiger partial charge in [-0.25, -0.2) is 9.97 Å². The van der Waals surface area contributed by atoms with E-state index < -0.39 is 0 Å². The van der Waals surface area contributed by atoms with Gasteiger partial charge >= 0.3 is 0 Å². The smallest absolute Gasteiger partial charge is 0.171 e. The molecule has 0 saturated heterocycles. The Morgan fingerprint density at radius 1 is 1.39 bits per heavy atom. The molecule has 2 heterocycles. The summed E-state index contributed by atoms with van der Waals surface area (Å²) in [6, 6.07) is 0. The van der Waals surface area contributed by atoms with Crippen LogP contribution in [0.1, 0.15) is 36.9 Å². The highest BCUT2D eigenvalue weighted by Gasteiger charge is 2.28. The van der Waals surface area contributed by atoms with Crippen molar-refractivity contribution < 1.29 is 0 Å². The second-order valence-electron chi connectivity index (χ2n) is 4.52. The Morgan fingerprint density at radius 2 is 2.28 bits per heavy atom. The zero-order valence-electron chi connectivity index (χ0n) is 10.4. The van der Waals surface area contributed by atoms with Crippen LogP contribution >= 0.6 is 11.3 Å². The van der Waals surface area contributed by atoms with Gasteiger partial charge in [-0.1, -0.05) is 6.92 Å². The molecule has 2 aromatic rings. The summed E-state index contributed by atoms with van der Waals surface area (Å²) in [5, 5.41) is 3.35. The molecule has 0 aromatic carbocycles. The van der Waals surface area contributed by atoms with Crippen molar-refractivity contribution in [3.8, 4) is 10.7 Å². The maximum absolute atomic E-state index is 4.75. The number of hydrogen-bond acceptors (Lipinski definition) is 5. The summed E-state index contributed by atoms with van der Waals surface area (Å²) in [7, 11) is 0. The van der Waals surface area contributed by atoms with Gasteiger partial charge in [0.05, 0.1) is 16.1 Å². The fraction of sp³-hybridized carbons (Fsp3) is 0.462. The third-order valence-electron chi connectivity index (χ3n) is 3.08. The van der Waals surface area contributed by atoms with Crippen molar-refractivity contribution in [2.75, 3.05) is 6.54 Å². The molecule has 4 nitrogen and oxygen atoms in total. The van der Waals surface area contributed by atoms with Crippen molar-refractivity contribution in [1.29, 1.82) is 0 Å². The van der Waals surface area contributed by atoms with E-state index in [1.165, 1.54) is 24.1 Å². The fourth-order valence-corrected chi connectivity index (χ4v) is 2.53. The minimum atomic E-state index is 0.647. The molecule has 0 unspecified atom stereocenters. The normalized spacial score (nSPS) is 14.9. The summed E-state index contributed by atoms with van der Waals surface area (Å²) in [5.41, 5.74) is 4.30. The molecule has 1 N–H and O–H groups in total. The monoisotopic (exact) mass is 260 g/mol. The van der Waals surface area contributed by atoms with Crippen LogP contribution in [0.5, 0.6) is 0 Å². The highest BCUT2D eigenvalue weighted by Crippen LogP contribution is 2.41. The third-order valence-corrected chi connectivity index (χ3v) is 3.85. The molecule has 5 heteroatoms. The highest BCUT2D eigenvalue weighted by atomic mass is 32.1. The van der Waals surface area contributed by atoms with Crippen LogP contribution in [0.15, 0.2) is 17.9 Å². The Hall–Kier alpha value is -1.33. The number of aromatic nitrogens is 3. The number of hydrogen-bond donors (Lipinski definition) is 1. The first kappa shape index (κ1) is 11.7. The zero-order chi connectivity index (χ0) is 12.4. The summed E-state index contributed by atoms with van der Waals surface area (Å²) in [5.74, 6) is 1.47. The second kappa shape index (κ2) is 5.12. The van der Waals surface area contributed by atoms with Gasteiger partial charge in [-0.15, -0.1) is 11.3 Å². The molecule has 2 aromatic heterocycles. The Bertz CT molecular complexity index is 520. The summed E-state index contributed by atoms with van der Waals surface area (Å²) in [6.45, 7) is 3.95. The Labute approximate surface area is 111 Å². The van der Waals surface area contributed by atoms with Crippen LogP contribution in [0.3, 0.4) is 0 Å². The molecular formula is C13H16N4S. The standard InChI is InChI=1S/C13H16N4S/c1-2-14-5-10-6-16-13(11-7-15-8-18-11)17-12(10)9-3-4-9/h6-9,14H,2-5H2,1H3. The predicted octanol–water partition coefficient (Wildman–Crippen LogP) is 2.59. The first-order valence-corrected chi connectivity index (χ1v) is 7.22. The van der Waals surface area contributed by atoms with Gasteiger partial charge in [-0.3, -0.25) is 4.98 Å². The van der Waals surface area contributed by atoms with Crippen molar-refractivity contribution >= 4 is 11.3 Å². The van der Waals surface area contributed by atoms with Gasteiger partial charge in [0.25, 0.3) is 0 Å². The number of rotatable bonds is 5. The average Bonchev–Trinajstić information content (AvgIpc) is 3.11. The topological polar surface area (TPSA) is 50.7 Å². The van der Waals surface area contributed by atoms with Gasteiger partial charge in [0.2, 0.25) is 0 Å². The van der Waals surface area contributed by atoms with E-state index >= 15 is 0 Å². The van der Waals surface area contributed by atoms with Crippen molar-refractivity contribution in [2.24, 2.45) is 0 Å². The number of thiazole rings is 1. The molecule has 94 valence electrons. The van der Waals surface area contributed by atoms with Crippen molar-refractivity contribution in [3.05, 3.63) is 29.2 Å². The molecule has 0 atom stereocenters. The molecule has 18 heavy (non-hydrogen) atoms. The van der Waals surface area contributed by atoms with Gasteiger partial charge in [-0.2, -0.15) is 0 Å². The van der Waals surface area contributed by atoms with Gasteiger partial charge in [-0.05, 0) is 19.4 Å². The lowest BCUT2D eigenvalue weighted by Crippen LogP contribution is -2.14. The summed E-state index contributed by atoms with van der Waals surface area (Å²) >= 11 is 1.59. The number of nitrogens with one attached hydrogen (secondary N) is 1. The van der Waals surface area contributed by atoms with Gasteiger partial charge in [0.15, 0.2) is 5.82 Å². The molecule has 1 fully saturated rings. The SMILES string of the molecule is CCNCc1cnc(-c2cncs2)nc1C1CC1. The molecule has 0 aliphatic heterocycles. The van der Waals surface area contributed by atoms with Gasteiger partial charge in [0.1, 0.15) is 0 Å². The van der Waals surface area contributed by atoms with E-state index in [-0.39, 0.29) is 0 Å². The maximum Gasteiger partial charge on any atom is 0.171 e. The fourth-order valence-electron chi connectivity index (χ4n) is 1.97. The molecule has 0 amide bonds. The summed E-state index contributed by atoms with van der Waals surface area (Å²) in [4.78, 5) is 14.3.